The number of aromatic amines is 1. The summed E-state index contributed by atoms with van der Waals surface area (Å²) in [5.74, 6) is 0.669. The van der Waals surface area contributed by atoms with Gasteiger partial charge >= 0.3 is 0 Å². The Morgan fingerprint density at radius 1 is 1.03 bits per heavy atom. The highest BCUT2D eigenvalue weighted by molar-refractivity contribution is 5.73. The molecule has 0 radical (unpaired) electrons. The minimum Gasteiger partial charge on any atom is -0.354 e. The monoisotopic (exact) mass is 504 g/mol. The smallest absolute Gasteiger partial charge is 0.248 e. The number of aromatic nitrogens is 1. The first kappa shape index (κ1) is 25.6. The summed E-state index contributed by atoms with van der Waals surface area (Å²) in [6.45, 7) is 10.9. The third-order valence-corrected chi connectivity index (χ3v) is 7.66. The number of nitrogens with zero attached hydrogens (tertiary/aromatic N) is 2. The minimum atomic E-state index is -0.128. The molecular weight excluding hydrogens is 468 g/mol. The van der Waals surface area contributed by atoms with Crippen LogP contribution >= 0.6 is 0 Å². The van der Waals surface area contributed by atoms with Gasteiger partial charge in [0.15, 0.2) is 0 Å². The van der Waals surface area contributed by atoms with Gasteiger partial charge in [0.25, 0.3) is 0 Å². The average molecular weight is 505 g/mol. The highest BCUT2D eigenvalue weighted by Crippen LogP contribution is 2.34. The molecule has 1 fully saturated rings. The van der Waals surface area contributed by atoms with Crippen LogP contribution in [0.4, 0.5) is 5.69 Å². The van der Waals surface area contributed by atoms with Crippen LogP contribution in [0.25, 0.3) is 5.70 Å². The summed E-state index contributed by atoms with van der Waals surface area (Å²) in [7, 11) is 0. The molecule has 0 bridgehead atoms. The van der Waals surface area contributed by atoms with E-state index in [9.17, 15) is 4.79 Å². The van der Waals surface area contributed by atoms with E-state index in [1.54, 1.807) is 12.3 Å². The lowest BCUT2D eigenvalue weighted by atomic mass is 9.88. The highest BCUT2D eigenvalue weighted by atomic mass is 16.1. The van der Waals surface area contributed by atoms with E-state index in [0.717, 1.165) is 41.4 Å². The van der Waals surface area contributed by atoms with Crippen molar-refractivity contribution in [2.75, 3.05) is 18.4 Å². The van der Waals surface area contributed by atoms with Crippen molar-refractivity contribution in [1.82, 2.24) is 14.8 Å². The van der Waals surface area contributed by atoms with Crippen molar-refractivity contribution in [3.8, 4) is 0 Å². The highest BCUT2D eigenvalue weighted by Gasteiger charge is 2.25. The molecule has 1 atom stereocenters. The zero-order valence-electron chi connectivity index (χ0n) is 22.2. The van der Waals surface area contributed by atoms with E-state index in [4.69, 9.17) is 0 Å². The molecule has 38 heavy (non-hydrogen) atoms. The van der Waals surface area contributed by atoms with Crippen LogP contribution in [0.2, 0.25) is 0 Å². The number of likely N-dealkylation sites (tertiary alicyclic amines) is 1. The van der Waals surface area contributed by atoms with Crippen LogP contribution in [0.3, 0.4) is 0 Å². The maximum absolute atomic E-state index is 11.9. The van der Waals surface area contributed by atoms with E-state index in [1.165, 1.54) is 24.0 Å². The first-order valence-electron chi connectivity index (χ1n) is 13.4. The average Bonchev–Trinajstić information content (AvgIpc) is 2.96. The number of piperidine rings is 1. The number of benzene rings is 2. The van der Waals surface area contributed by atoms with Crippen LogP contribution in [0.5, 0.6) is 0 Å². The zero-order chi connectivity index (χ0) is 26.5. The van der Waals surface area contributed by atoms with Crippen LogP contribution in [-0.2, 0) is 0 Å². The number of H-pyrrole nitrogens is 1. The van der Waals surface area contributed by atoms with Gasteiger partial charge in [0, 0.05) is 35.8 Å². The van der Waals surface area contributed by atoms with E-state index < -0.39 is 0 Å². The molecule has 3 aromatic rings. The molecule has 0 aliphatic carbocycles. The summed E-state index contributed by atoms with van der Waals surface area (Å²) in [4.78, 5) is 19.1. The first-order valence-corrected chi connectivity index (χ1v) is 13.4. The zero-order valence-corrected chi connectivity index (χ0v) is 22.2. The van der Waals surface area contributed by atoms with Crippen LogP contribution in [0.1, 0.15) is 55.3 Å². The molecule has 5 heteroatoms. The van der Waals surface area contributed by atoms with Crippen molar-refractivity contribution in [3.05, 3.63) is 142 Å². The normalized spacial score (nSPS) is 17.8. The molecule has 5 nitrogen and oxygen atoms in total. The summed E-state index contributed by atoms with van der Waals surface area (Å²) in [5.41, 5.74) is 7.18. The Morgan fingerprint density at radius 3 is 2.45 bits per heavy atom. The van der Waals surface area contributed by atoms with Crippen molar-refractivity contribution >= 4 is 11.4 Å². The van der Waals surface area contributed by atoms with E-state index >= 15 is 0 Å². The molecule has 0 spiro atoms. The van der Waals surface area contributed by atoms with Crippen molar-refractivity contribution in [2.45, 2.75) is 38.6 Å². The number of hydrogen-bond acceptors (Lipinski definition) is 4. The Hall–Kier alpha value is -4.09. The Morgan fingerprint density at radius 2 is 1.76 bits per heavy atom. The SMILES string of the molecule is C=C1C(Nc2ccc(C(C)N3CCC(c4ccccc4)CC3)cc2)=CC=C(c2cc[nH]c(=O)c2)N1/C=C\C. The second-order valence-corrected chi connectivity index (χ2v) is 10.0. The van der Waals surface area contributed by atoms with E-state index in [2.05, 4.69) is 83.3 Å². The molecular formula is C33H36N4O. The summed E-state index contributed by atoms with van der Waals surface area (Å²) in [6, 6.07) is 23.6. The largest absolute Gasteiger partial charge is 0.354 e. The Labute approximate surface area is 225 Å². The molecule has 194 valence electrons. The lowest BCUT2D eigenvalue weighted by Gasteiger charge is -2.36. The third-order valence-electron chi connectivity index (χ3n) is 7.66. The predicted molar refractivity (Wildman–Crippen MR) is 157 cm³/mol. The van der Waals surface area contributed by atoms with Gasteiger partial charge in [0.05, 0.1) is 17.1 Å². The van der Waals surface area contributed by atoms with Crippen molar-refractivity contribution in [3.63, 3.8) is 0 Å². The van der Waals surface area contributed by atoms with Crippen molar-refractivity contribution in [2.24, 2.45) is 0 Å². The number of nitrogens with one attached hydrogen (secondary N) is 2. The summed E-state index contributed by atoms with van der Waals surface area (Å²) >= 11 is 0. The number of hydrogen-bond donors (Lipinski definition) is 2. The van der Waals surface area contributed by atoms with Crippen LogP contribution in [0, 0.1) is 0 Å². The van der Waals surface area contributed by atoms with Gasteiger partial charge in [-0.2, -0.15) is 0 Å². The van der Waals surface area contributed by atoms with E-state index in [-0.39, 0.29) is 5.56 Å². The number of rotatable bonds is 7. The second-order valence-electron chi connectivity index (χ2n) is 10.0. The molecule has 1 unspecified atom stereocenters. The second kappa shape index (κ2) is 11.5. The predicted octanol–water partition coefficient (Wildman–Crippen LogP) is 7.02. The number of anilines is 1. The lowest BCUT2D eigenvalue weighted by molar-refractivity contribution is 0.162. The first-order chi connectivity index (χ1) is 18.5. The Balaban J connectivity index is 1.25. The maximum Gasteiger partial charge on any atom is 0.248 e. The van der Waals surface area contributed by atoms with Crippen LogP contribution in [0.15, 0.2) is 120 Å². The van der Waals surface area contributed by atoms with E-state index in [0.29, 0.717) is 12.0 Å². The van der Waals surface area contributed by atoms with Gasteiger partial charge in [-0.1, -0.05) is 55.1 Å². The fraction of sp³-hybridized carbons (Fsp3) is 0.242. The van der Waals surface area contributed by atoms with Gasteiger partial charge in [0.2, 0.25) is 5.56 Å². The summed E-state index contributed by atoms with van der Waals surface area (Å²) in [6.07, 6.45) is 12.1. The van der Waals surface area contributed by atoms with Crippen LogP contribution < -0.4 is 10.9 Å². The molecule has 1 aromatic heterocycles. The standard InChI is InChI=1S/C33H36N4O/c1-4-20-37-25(3)31(14-15-32(37)29-16-19-34-33(38)23-29)35-30-12-10-26(11-13-30)24(2)36-21-17-28(18-22-36)27-8-6-5-7-9-27/h4-16,19-20,23-24,28,35H,3,17-18,21-22H2,1-2H3,(H,34,38)/b20-4-. The molecule has 0 amide bonds. The lowest BCUT2D eigenvalue weighted by Crippen LogP contribution is -2.35. The topological polar surface area (TPSA) is 51.4 Å². The van der Waals surface area contributed by atoms with Gasteiger partial charge < -0.3 is 15.2 Å². The van der Waals surface area contributed by atoms with Crippen molar-refractivity contribution in [1.29, 1.82) is 0 Å². The van der Waals surface area contributed by atoms with Gasteiger partial charge in [-0.3, -0.25) is 9.69 Å². The minimum absolute atomic E-state index is 0.128. The molecule has 2 N–H and O–H groups in total. The van der Waals surface area contributed by atoms with Crippen molar-refractivity contribution < 1.29 is 0 Å². The molecule has 5 rings (SSSR count). The molecule has 3 heterocycles. The van der Waals surface area contributed by atoms with Gasteiger partial charge in [-0.15, -0.1) is 0 Å². The fourth-order valence-electron chi connectivity index (χ4n) is 5.44. The van der Waals surface area contributed by atoms with Gasteiger partial charge in [-0.25, -0.2) is 0 Å². The maximum atomic E-state index is 11.9. The van der Waals surface area contributed by atoms with Gasteiger partial charge in [-0.05, 0) is 87.2 Å². The van der Waals surface area contributed by atoms with Gasteiger partial charge in [0.1, 0.15) is 0 Å². The molecule has 0 saturated carbocycles. The molecule has 2 aliphatic heterocycles. The molecule has 2 aliphatic rings. The number of allylic oxidation sites excluding steroid dienone is 3. The Kier molecular flexibility index (Phi) is 7.75. The van der Waals surface area contributed by atoms with Crippen LogP contribution in [-0.4, -0.2) is 27.9 Å². The molecule has 2 aromatic carbocycles. The summed E-state index contributed by atoms with van der Waals surface area (Å²) in [5, 5.41) is 3.53. The summed E-state index contributed by atoms with van der Waals surface area (Å²) < 4.78 is 0. The fourth-order valence-corrected chi connectivity index (χ4v) is 5.44. The third kappa shape index (κ3) is 5.58. The molecule has 1 saturated heterocycles. The number of pyridine rings is 1. The van der Waals surface area contributed by atoms with E-state index in [1.807, 2.05) is 42.3 Å². The quantitative estimate of drug-likeness (QED) is 0.363. The Bertz CT molecular complexity index is 1410.